The predicted molar refractivity (Wildman–Crippen MR) is 97.2 cm³/mol. The van der Waals surface area contributed by atoms with Crippen molar-refractivity contribution >= 4 is 33.8 Å². The molecule has 0 unspecified atom stereocenters. The Hall–Kier alpha value is -3.05. The SMILES string of the molecule is O=C(Nc1cccc2ncccc12)c1cnc(-c2ccccc2)s1. The Bertz CT molecular complexity index is 1010. The number of nitrogens with one attached hydrogen (secondary N) is 1. The van der Waals surface area contributed by atoms with Gasteiger partial charge in [-0.15, -0.1) is 11.3 Å². The molecule has 4 aromatic rings. The number of hydrogen-bond acceptors (Lipinski definition) is 4. The molecule has 0 aliphatic heterocycles. The third-order valence-corrected chi connectivity index (χ3v) is 4.69. The normalized spacial score (nSPS) is 10.7. The van der Waals surface area contributed by atoms with Gasteiger partial charge in [-0.3, -0.25) is 9.78 Å². The van der Waals surface area contributed by atoms with E-state index >= 15 is 0 Å². The minimum Gasteiger partial charge on any atom is -0.321 e. The molecule has 0 aliphatic carbocycles. The van der Waals surface area contributed by atoms with Gasteiger partial charge in [-0.1, -0.05) is 36.4 Å². The van der Waals surface area contributed by atoms with Gasteiger partial charge in [-0.25, -0.2) is 4.98 Å². The number of thiazole rings is 1. The smallest absolute Gasteiger partial charge is 0.267 e. The molecule has 2 aromatic heterocycles. The number of nitrogens with zero attached hydrogens (tertiary/aromatic N) is 2. The van der Waals surface area contributed by atoms with Crippen LogP contribution in [0.15, 0.2) is 73.1 Å². The second-order valence-corrected chi connectivity index (χ2v) is 6.26. The largest absolute Gasteiger partial charge is 0.321 e. The van der Waals surface area contributed by atoms with Crippen LogP contribution in [0.3, 0.4) is 0 Å². The number of fused-ring (bicyclic) bond motifs is 1. The minimum absolute atomic E-state index is 0.161. The van der Waals surface area contributed by atoms with E-state index in [1.807, 2.05) is 60.7 Å². The first-order valence-electron chi connectivity index (χ1n) is 7.47. The van der Waals surface area contributed by atoms with Crippen molar-refractivity contribution in [2.45, 2.75) is 0 Å². The summed E-state index contributed by atoms with van der Waals surface area (Å²) in [5, 5.41) is 4.71. The molecule has 0 fully saturated rings. The van der Waals surface area contributed by atoms with Crippen LogP contribution in [0.25, 0.3) is 21.5 Å². The van der Waals surface area contributed by atoms with Gasteiger partial charge >= 0.3 is 0 Å². The van der Waals surface area contributed by atoms with E-state index in [0.29, 0.717) is 4.88 Å². The molecule has 2 heterocycles. The molecule has 0 radical (unpaired) electrons. The third-order valence-electron chi connectivity index (χ3n) is 3.64. The van der Waals surface area contributed by atoms with Crippen LogP contribution >= 0.6 is 11.3 Å². The molecule has 0 atom stereocenters. The molecular weight excluding hydrogens is 318 g/mol. The lowest BCUT2D eigenvalue weighted by Gasteiger charge is -2.06. The maximum absolute atomic E-state index is 12.5. The Labute approximate surface area is 142 Å². The van der Waals surface area contributed by atoms with Crippen LogP contribution in [-0.4, -0.2) is 15.9 Å². The van der Waals surface area contributed by atoms with Gasteiger partial charge in [0.05, 0.1) is 17.4 Å². The average Bonchev–Trinajstić information content (AvgIpc) is 3.13. The zero-order chi connectivity index (χ0) is 16.4. The highest BCUT2D eigenvalue weighted by Crippen LogP contribution is 2.27. The van der Waals surface area contributed by atoms with Crippen molar-refractivity contribution in [2.75, 3.05) is 5.32 Å². The van der Waals surface area contributed by atoms with Gasteiger partial charge in [0.2, 0.25) is 0 Å². The fraction of sp³-hybridized carbons (Fsp3) is 0. The summed E-state index contributed by atoms with van der Waals surface area (Å²) in [5.74, 6) is -0.161. The van der Waals surface area contributed by atoms with Gasteiger partial charge in [0.1, 0.15) is 9.88 Å². The van der Waals surface area contributed by atoms with Gasteiger partial charge in [0.15, 0.2) is 0 Å². The standard InChI is InChI=1S/C19H13N3OS/c23-18(17-12-21-19(24-17)13-6-2-1-3-7-13)22-16-10-4-9-15-14(16)8-5-11-20-15/h1-12H,(H,22,23). The fourth-order valence-electron chi connectivity index (χ4n) is 2.49. The minimum atomic E-state index is -0.161. The Kier molecular flexibility index (Phi) is 3.76. The van der Waals surface area contributed by atoms with Crippen molar-refractivity contribution in [1.29, 1.82) is 0 Å². The maximum Gasteiger partial charge on any atom is 0.267 e. The van der Waals surface area contributed by atoms with E-state index in [0.717, 1.165) is 27.2 Å². The van der Waals surface area contributed by atoms with Crippen LogP contribution in [-0.2, 0) is 0 Å². The summed E-state index contributed by atoms with van der Waals surface area (Å²) in [5.41, 5.74) is 2.61. The number of anilines is 1. The quantitative estimate of drug-likeness (QED) is 0.596. The van der Waals surface area contributed by atoms with E-state index in [1.54, 1.807) is 12.4 Å². The molecule has 0 saturated carbocycles. The zero-order valence-electron chi connectivity index (χ0n) is 12.6. The van der Waals surface area contributed by atoms with Gasteiger partial charge in [-0.05, 0) is 24.3 Å². The van der Waals surface area contributed by atoms with Gasteiger partial charge in [-0.2, -0.15) is 0 Å². The first kappa shape index (κ1) is 14.5. The highest BCUT2D eigenvalue weighted by atomic mass is 32.1. The molecule has 1 N–H and O–H groups in total. The number of pyridine rings is 1. The molecule has 4 rings (SSSR count). The van der Waals surface area contributed by atoms with Crippen LogP contribution in [0.5, 0.6) is 0 Å². The topological polar surface area (TPSA) is 54.9 Å². The molecule has 2 aromatic carbocycles. The molecule has 5 heteroatoms. The summed E-state index contributed by atoms with van der Waals surface area (Å²) in [6.07, 6.45) is 3.36. The molecule has 0 bridgehead atoms. The molecule has 1 amide bonds. The monoisotopic (exact) mass is 331 g/mol. The number of carbonyl (C=O) groups is 1. The van der Waals surface area contributed by atoms with Gasteiger partial charge < -0.3 is 5.32 Å². The van der Waals surface area contributed by atoms with Crippen molar-refractivity contribution in [3.05, 3.63) is 77.9 Å². The first-order chi connectivity index (χ1) is 11.8. The van der Waals surface area contributed by atoms with Crippen molar-refractivity contribution in [3.63, 3.8) is 0 Å². The number of benzene rings is 2. The van der Waals surface area contributed by atoms with Crippen LogP contribution < -0.4 is 5.32 Å². The second kappa shape index (κ2) is 6.22. The number of rotatable bonds is 3. The fourth-order valence-corrected chi connectivity index (χ4v) is 3.31. The van der Waals surface area contributed by atoms with Crippen molar-refractivity contribution < 1.29 is 4.79 Å². The van der Waals surface area contributed by atoms with E-state index in [-0.39, 0.29) is 5.91 Å². The average molecular weight is 331 g/mol. The number of carbonyl (C=O) groups excluding carboxylic acids is 1. The Morgan fingerprint density at radius 1 is 0.917 bits per heavy atom. The Balaban J connectivity index is 1.62. The lowest BCUT2D eigenvalue weighted by Crippen LogP contribution is -2.10. The van der Waals surface area contributed by atoms with E-state index in [2.05, 4.69) is 15.3 Å². The lowest BCUT2D eigenvalue weighted by molar-refractivity contribution is 0.103. The number of aromatic nitrogens is 2. The summed E-state index contributed by atoms with van der Waals surface area (Å²) < 4.78 is 0. The first-order valence-corrected chi connectivity index (χ1v) is 8.29. The molecule has 0 spiro atoms. The highest BCUT2D eigenvalue weighted by Gasteiger charge is 2.13. The van der Waals surface area contributed by atoms with Crippen LogP contribution in [0.2, 0.25) is 0 Å². The molecule has 24 heavy (non-hydrogen) atoms. The van der Waals surface area contributed by atoms with E-state index < -0.39 is 0 Å². The molecular formula is C19H13N3OS. The predicted octanol–water partition coefficient (Wildman–Crippen LogP) is 4.61. The molecule has 0 aliphatic rings. The van der Waals surface area contributed by atoms with Gasteiger partial charge in [0, 0.05) is 17.1 Å². The number of amides is 1. The van der Waals surface area contributed by atoms with E-state index in [1.165, 1.54) is 11.3 Å². The van der Waals surface area contributed by atoms with Gasteiger partial charge in [0.25, 0.3) is 5.91 Å². The zero-order valence-corrected chi connectivity index (χ0v) is 13.5. The Morgan fingerprint density at radius 3 is 2.67 bits per heavy atom. The van der Waals surface area contributed by atoms with Crippen LogP contribution in [0.4, 0.5) is 5.69 Å². The van der Waals surface area contributed by atoms with E-state index in [4.69, 9.17) is 0 Å². The number of hydrogen-bond donors (Lipinski definition) is 1. The third kappa shape index (κ3) is 2.77. The van der Waals surface area contributed by atoms with Crippen LogP contribution in [0.1, 0.15) is 9.67 Å². The van der Waals surface area contributed by atoms with Crippen molar-refractivity contribution in [1.82, 2.24) is 9.97 Å². The lowest BCUT2D eigenvalue weighted by atomic mass is 10.2. The second-order valence-electron chi connectivity index (χ2n) is 5.23. The summed E-state index contributed by atoms with van der Waals surface area (Å²) in [6, 6.07) is 19.3. The Morgan fingerprint density at radius 2 is 1.79 bits per heavy atom. The van der Waals surface area contributed by atoms with Crippen molar-refractivity contribution in [2.24, 2.45) is 0 Å². The summed E-state index contributed by atoms with van der Waals surface area (Å²) >= 11 is 1.38. The van der Waals surface area contributed by atoms with E-state index in [9.17, 15) is 4.79 Å². The highest BCUT2D eigenvalue weighted by molar-refractivity contribution is 7.17. The summed E-state index contributed by atoms with van der Waals surface area (Å²) in [6.45, 7) is 0. The van der Waals surface area contributed by atoms with Crippen molar-refractivity contribution in [3.8, 4) is 10.6 Å². The van der Waals surface area contributed by atoms with Crippen LogP contribution in [0, 0.1) is 0 Å². The molecule has 4 nitrogen and oxygen atoms in total. The molecule has 0 saturated heterocycles. The summed E-state index contributed by atoms with van der Waals surface area (Å²) in [7, 11) is 0. The maximum atomic E-state index is 12.5. The summed E-state index contributed by atoms with van der Waals surface area (Å²) in [4.78, 5) is 21.8. The molecule has 116 valence electrons.